The second-order valence-corrected chi connectivity index (χ2v) is 10.8. The van der Waals surface area contributed by atoms with Crippen LogP contribution in [0.2, 0.25) is 0 Å². The van der Waals surface area contributed by atoms with Crippen LogP contribution in [0.1, 0.15) is 108 Å². The lowest BCUT2D eigenvalue weighted by Gasteiger charge is -2.26. The molecule has 0 saturated heterocycles. The molecule has 2 aromatic carbocycles. The summed E-state index contributed by atoms with van der Waals surface area (Å²) in [6.07, 6.45) is 17.1. The van der Waals surface area contributed by atoms with E-state index in [1.54, 1.807) is 0 Å². The van der Waals surface area contributed by atoms with E-state index < -0.39 is 11.6 Å². The highest BCUT2D eigenvalue weighted by molar-refractivity contribution is 5.67. The fraction of sp³-hybridized carbons (Fsp3) is 0.636. The minimum absolute atomic E-state index is 0.355. The molecule has 1 unspecified atom stereocenters. The molecule has 0 amide bonds. The van der Waals surface area contributed by atoms with Gasteiger partial charge in [0.25, 0.3) is 0 Å². The highest BCUT2D eigenvalue weighted by Gasteiger charge is 2.25. The van der Waals surface area contributed by atoms with Gasteiger partial charge in [-0.05, 0) is 66.5 Å². The smallest absolute Gasteiger partial charge is 0.166 e. The van der Waals surface area contributed by atoms with Crippen molar-refractivity contribution < 1.29 is 18.3 Å². The lowest BCUT2D eigenvalue weighted by molar-refractivity contribution is 0.116. The Bertz CT molecular complexity index is 910. The van der Waals surface area contributed by atoms with Crippen molar-refractivity contribution >= 4 is 0 Å². The second-order valence-electron chi connectivity index (χ2n) is 10.8. The molecule has 37 heavy (non-hydrogen) atoms. The van der Waals surface area contributed by atoms with Crippen LogP contribution in [0.4, 0.5) is 8.78 Å². The summed E-state index contributed by atoms with van der Waals surface area (Å²) in [5, 5.41) is 0. The summed E-state index contributed by atoms with van der Waals surface area (Å²) in [5.41, 5.74) is 2.63. The van der Waals surface area contributed by atoms with E-state index in [1.807, 2.05) is 30.3 Å². The van der Waals surface area contributed by atoms with Gasteiger partial charge in [-0.15, -0.1) is 0 Å². The second kappa shape index (κ2) is 16.8. The number of fused-ring (bicyclic) bond motifs is 1. The van der Waals surface area contributed by atoms with Gasteiger partial charge in [-0.25, -0.2) is 8.78 Å². The first-order valence-electron chi connectivity index (χ1n) is 14.9. The number of rotatable bonds is 18. The molecule has 0 fully saturated rings. The molecule has 1 aliphatic rings. The molecule has 1 aliphatic carbocycles. The number of hydrogen-bond donors (Lipinski definition) is 0. The van der Waals surface area contributed by atoms with Gasteiger partial charge in [0.1, 0.15) is 5.75 Å². The lowest BCUT2D eigenvalue weighted by atomic mass is 9.80. The summed E-state index contributed by atoms with van der Waals surface area (Å²) < 4.78 is 41.7. The van der Waals surface area contributed by atoms with E-state index in [1.165, 1.54) is 57.8 Å². The fourth-order valence-corrected chi connectivity index (χ4v) is 5.39. The van der Waals surface area contributed by atoms with E-state index in [9.17, 15) is 0 Å². The summed E-state index contributed by atoms with van der Waals surface area (Å²) in [6.45, 7) is 6.51. The molecule has 0 heterocycles. The van der Waals surface area contributed by atoms with Crippen molar-refractivity contribution in [1.82, 2.24) is 0 Å². The maximum absolute atomic E-state index is 15.2. The third-order valence-corrected chi connectivity index (χ3v) is 7.69. The molecule has 2 aromatic rings. The summed E-state index contributed by atoms with van der Waals surface area (Å²) in [6, 6.07) is 9.21. The average molecular weight is 515 g/mol. The predicted molar refractivity (Wildman–Crippen MR) is 150 cm³/mol. The van der Waals surface area contributed by atoms with Crippen LogP contribution in [0.3, 0.4) is 0 Å². The molecule has 206 valence electrons. The minimum Gasteiger partial charge on any atom is -0.494 e. The molecule has 3 rings (SSSR count). The Kier molecular flexibility index (Phi) is 13.5. The molecule has 0 bridgehead atoms. The molecule has 0 saturated carbocycles. The van der Waals surface area contributed by atoms with Gasteiger partial charge in [-0.3, -0.25) is 0 Å². The van der Waals surface area contributed by atoms with Crippen LogP contribution in [0, 0.1) is 17.6 Å². The minimum atomic E-state index is -0.718. The van der Waals surface area contributed by atoms with E-state index in [4.69, 9.17) is 9.47 Å². The van der Waals surface area contributed by atoms with Gasteiger partial charge in [0, 0.05) is 25.2 Å². The highest BCUT2D eigenvalue weighted by atomic mass is 19.2. The molecular weight excluding hydrogens is 466 g/mol. The van der Waals surface area contributed by atoms with Crippen LogP contribution in [0.15, 0.2) is 30.3 Å². The van der Waals surface area contributed by atoms with Gasteiger partial charge in [0.2, 0.25) is 0 Å². The van der Waals surface area contributed by atoms with Gasteiger partial charge in [0.05, 0.1) is 6.61 Å². The van der Waals surface area contributed by atoms with E-state index in [0.29, 0.717) is 42.2 Å². The van der Waals surface area contributed by atoms with Crippen molar-refractivity contribution in [2.45, 2.75) is 110 Å². The molecule has 0 aromatic heterocycles. The molecule has 4 heteroatoms. The normalized spacial score (nSPS) is 15.1. The van der Waals surface area contributed by atoms with Crippen molar-refractivity contribution in [2.24, 2.45) is 5.92 Å². The van der Waals surface area contributed by atoms with Crippen LogP contribution >= 0.6 is 0 Å². The van der Waals surface area contributed by atoms with Crippen LogP contribution in [-0.2, 0) is 17.6 Å². The van der Waals surface area contributed by atoms with Crippen molar-refractivity contribution in [2.75, 3.05) is 19.8 Å². The quantitative estimate of drug-likeness (QED) is 0.184. The molecule has 0 aliphatic heterocycles. The van der Waals surface area contributed by atoms with E-state index in [2.05, 4.69) is 13.8 Å². The summed E-state index contributed by atoms with van der Waals surface area (Å²) in [5.74, 6) is -0.150. The van der Waals surface area contributed by atoms with Crippen LogP contribution in [0.5, 0.6) is 5.75 Å². The van der Waals surface area contributed by atoms with Crippen molar-refractivity contribution in [3.8, 4) is 16.9 Å². The molecule has 2 nitrogen and oxygen atoms in total. The van der Waals surface area contributed by atoms with Crippen molar-refractivity contribution in [3.05, 3.63) is 53.1 Å². The zero-order chi connectivity index (χ0) is 26.3. The third-order valence-electron chi connectivity index (χ3n) is 7.69. The first kappa shape index (κ1) is 29.6. The summed E-state index contributed by atoms with van der Waals surface area (Å²) >= 11 is 0. The Balaban J connectivity index is 1.47. The molecule has 1 atom stereocenters. The summed E-state index contributed by atoms with van der Waals surface area (Å²) in [4.78, 5) is 0. The van der Waals surface area contributed by atoms with Crippen molar-refractivity contribution in [1.29, 1.82) is 0 Å². The van der Waals surface area contributed by atoms with Crippen LogP contribution < -0.4 is 4.74 Å². The first-order valence-corrected chi connectivity index (χ1v) is 14.9. The number of hydrogen-bond acceptors (Lipinski definition) is 2. The standard InChI is InChI=1S/C33H48F2O2/c1-3-5-7-8-9-10-11-14-26-15-16-28-25-31(33(35)32(34)30(28)24-26)27-17-19-29(20-18-27)37-23-13-22-36-21-12-6-4-2/h17-20,25-26H,3-16,21-24H2,1-2H3. The zero-order valence-electron chi connectivity index (χ0n) is 23.3. The monoisotopic (exact) mass is 514 g/mol. The van der Waals surface area contributed by atoms with Gasteiger partial charge in [0.15, 0.2) is 11.6 Å². The Morgan fingerprint density at radius 2 is 1.43 bits per heavy atom. The SMILES string of the molecule is CCCCCCCCCC1CCc2cc(-c3ccc(OCCCOCCCCC)cc3)c(F)c(F)c2C1. The predicted octanol–water partition coefficient (Wildman–Crippen LogP) is 9.85. The average Bonchev–Trinajstić information content (AvgIpc) is 2.92. The molecule has 0 radical (unpaired) electrons. The number of ether oxygens (including phenoxy) is 2. The van der Waals surface area contributed by atoms with Crippen LogP contribution in [0.25, 0.3) is 11.1 Å². The Labute approximate surface area is 224 Å². The van der Waals surface area contributed by atoms with Gasteiger partial charge >= 0.3 is 0 Å². The zero-order valence-corrected chi connectivity index (χ0v) is 23.3. The number of benzene rings is 2. The Morgan fingerprint density at radius 3 is 2.19 bits per heavy atom. The summed E-state index contributed by atoms with van der Waals surface area (Å²) in [7, 11) is 0. The van der Waals surface area contributed by atoms with E-state index >= 15 is 8.78 Å². The number of aryl methyl sites for hydroxylation is 1. The highest BCUT2D eigenvalue weighted by Crippen LogP contribution is 2.36. The Hall–Kier alpha value is -1.94. The molecule has 0 N–H and O–H groups in total. The maximum Gasteiger partial charge on any atom is 0.166 e. The first-order chi connectivity index (χ1) is 18.1. The van der Waals surface area contributed by atoms with E-state index in [-0.39, 0.29) is 0 Å². The van der Waals surface area contributed by atoms with Gasteiger partial charge < -0.3 is 9.47 Å². The van der Waals surface area contributed by atoms with Crippen molar-refractivity contribution in [3.63, 3.8) is 0 Å². The Morgan fingerprint density at radius 1 is 0.757 bits per heavy atom. The van der Waals surface area contributed by atoms with Gasteiger partial charge in [-0.1, -0.05) is 90.2 Å². The largest absolute Gasteiger partial charge is 0.494 e. The van der Waals surface area contributed by atoms with Gasteiger partial charge in [-0.2, -0.15) is 0 Å². The maximum atomic E-state index is 15.2. The fourth-order valence-electron chi connectivity index (χ4n) is 5.39. The molecular formula is C33H48F2O2. The van der Waals surface area contributed by atoms with E-state index in [0.717, 1.165) is 50.0 Å². The number of halogens is 2. The lowest BCUT2D eigenvalue weighted by Crippen LogP contribution is -2.17. The molecule has 0 spiro atoms. The topological polar surface area (TPSA) is 18.5 Å². The third kappa shape index (κ3) is 9.71. The van der Waals surface area contributed by atoms with Crippen LogP contribution in [-0.4, -0.2) is 19.8 Å². The number of unbranched alkanes of at least 4 members (excludes halogenated alkanes) is 8.